The van der Waals surface area contributed by atoms with Crippen LogP contribution in [0, 0.1) is 6.07 Å². The molecule has 0 N–H and O–H groups in total. The predicted molar refractivity (Wildman–Crippen MR) is 86.3 cm³/mol. The van der Waals surface area contributed by atoms with Crippen LogP contribution in [0.15, 0.2) is 48.5 Å². The van der Waals surface area contributed by atoms with Crippen molar-refractivity contribution >= 4 is 5.69 Å². The molecule has 2 atom stereocenters. The Balaban J connectivity index is 1.68. The molecule has 2 heteroatoms. The van der Waals surface area contributed by atoms with Gasteiger partial charge in [0, 0.05) is 31.2 Å². The number of nitrogens with zero attached hydrogens (tertiary/aromatic N) is 2. The van der Waals surface area contributed by atoms with Gasteiger partial charge in [0.2, 0.25) is 0 Å². The number of hydrogen-bond donors (Lipinski definition) is 0. The SMILES string of the molecule is CN1c2cc[c]cc2[C@]2(C)CCN(Cc3ccccc3)[C@@H]12. The van der Waals surface area contributed by atoms with E-state index in [1.165, 1.54) is 23.2 Å². The molecule has 1 radical (unpaired) electrons. The fourth-order valence-electron chi connectivity index (χ4n) is 4.28. The van der Waals surface area contributed by atoms with Crippen molar-refractivity contribution in [1.29, 1.82) is 0 Å². The lowest BCUT2D eigenvalue weighted by Crippen LogP contribution is -2.46. The highest BCUT2D eigenvalue weighted by molar-refractivity contribution is 5.64. The molecule has 107 valence electrons. The summed E-state index contributed by atoms with van der Waals surface area (Å²) in [5.74, 6) is 0. The molecule has 2 aromatic carbocycles. The van der Waals surface area contributed by atoms with Gasteiger partial charge in [0.1, 0.15) is 0 Å². The Bertz CT molecular complexity index is 652. The van der Waals surface area contributed by atoms with Gasteiger partial charge in [-0.25, -0.2) is 0 Å². The second kappa shape index (κ2) is 4.60. The van der Waals surface area contributed by atoms with Crippen LogP contribution in [0.5, 0.6) is 0 Å². The van der Waals surface area contributed by atoms with Gasteiger partial charge in [-0.15, -0.1) is 0 Å². The van der Waals surface area contributed by atoms with E-state index in [0.717, 1.165) is 13.1 Å². The molecule has 0 aromatic heterocycles. The summed E-state index contributed by atoms with van der Waals surface area (Å²) in [5, 5.41) is 0. The van der Waals surface area contributed by atoms with E-state index in [1.807, 2.05) is 6.07 Å². The maximum absolute atomic E-state index is 3.27. The average molecular weight is 277 g/mol. The smallest absolute Gasteiger partial charge is 0.0917 e. The monoisotopic (exact) mass is 277 g/mol. The normalized spacial score (nSPS) is 27.7. The van der Waals surface area contributed by atoms with Crippen molar-refractivity contribution in [2.75, 3.05) is 18.5 Å². The van der Waals surface area contributed by atoms with Crippen molar-refractivity contribution in [3.63, 3.8) is 0 Å². The van der Waals surface area contributed by atoms with Crippen molar-refractivity contribution in [3.8, 4) is 0 Å². The number of fused-ring (bicyclic) bond motifs is 3. The Kier molecular flexibility index (Phi) is 2.83. The zero-order valence-electron chi connectivity index (χ0n) is 12.7. The molecule has 0 aliphatic carbocycles. The number of likely N-dealkylation sites (tertiary alicyclic amines) is 1. The van der Waals surface area contributed by atoms with Gasteiger partial charge in [-0.2, -0.15) is 0 Å². The Hall–Kier alpha value is -1.80. The first-order chi connectivity index (χ1) is 10.2. The van der Waals surface area contributed by atoms with Gasteiger partial charge in [0.05, 0.1) is 6.17 Å². The summed E-state index contributed by atoms with van der Waals surface area (Å²) >= 11 is 0. The molecule has 2 aromatic rings. The zero-order chi connectivity index (χ0) is 14.4. The first kappa shape index (κ1) is 12.9. The van der Waals surface area contributed by atoms with E-state index in [-0.39, 0.29) is 5.41 Å². The Morgan fingerprint density at radius 3 is 2.86 bits per heavy atom. The highest BCUT2D eigenvalue weighted by atomic mass is 15.4. The molecule has 2 nitrogen and oxygen atoms in total. The van der Waals surface area contributed by atoms with Crippen LogP contribution >= 0.6 is 0 Å². The van der Waals surface area contributed by atoms with E-state index >= 15 is 0 Å². The van der Waals surface area contributed by atoms with E-state index in [0.29, 0.717) is 6.17 Å². The van der Waals surface area contributed by atoms with Crippen molar-refractivity contribution < 1.29 is 0 Å². The molecule has 0 spiro atoms. The lowest BCUT2D eigenvalue weighted by molar-refractivity contribution is 0.215. The minimum Gasteiger partial charge on any atom is -0.358 e. The number of rotatable bonds is 2. The van der Waals surface area contributed by atoms with Gasteiger partial charge >= 0.3 is 0 Å². The molecule has 2 heterocycles. The molecular weight excluding hydrogens is 256 g/mol. The van der Waals surface area contributed by atoms with Gasteiger partial charge in [-0.05, 0) is 35.7 Å². The second-order valence-corrected chi connectivity index (χ2v) is 6.55. The van der Waals surface area contributed by atoms with E-state index < -0.39 is 0 Å². The van der Waals surface area contributed by atoms with Crippen LogP contribution in [-0.2, 0) is 12.0 Å². The van der Waals surface area contributed by atoms with E-state index in [1.54, 1.807) is 0 Å². The number of benzene rings is 2. The van der Waals surface area contributed by atoms with Gasteiger partial charge in [0.15, 0.2) is 0 Å². The molecule has 1 fully saturated rings. The minimum absolute atomic E-state index is 0.233. The fraction of sp³-hybridized carbons (Fsp3) is 0.368. The molecular formula is C19H21N2. The molecule has 0 saturated carbocycles. The first-order valence-electron chi connectivity index (χ1n) is 7.71. The van der Waals surface area contributed by atoms with Gasteiger partial charge < -0.3 is 4.90 Å². The summed E-state index contributed by atoms with van der Waals surface area (Å²) in [4.78, 5) is 5.08. The van der Waals surface area contributed by atoms with Crippen LogP contribution in [-0.4, -0.2) is 24.7 Å². The summed E-state index contributed by atoms with van der Waals surface area (Å²) in [6.45, 7) is 4.61. The first-order valence-corrected chi connectivity index (χ1v) is 7.71. The number of hydrogen-bond acceptors (Lipinski definition) is 2. The third-order valence-electron chi connectivity index (χ3n) is 5.27. The quantitative estimate of drug-likeness (QED) is 0.830. The molecule has 0 bridgehead atoms. The molecule has 2 aliphatic rings. The van der Waals surface area contributed by atoms with Crippen molar-refractivity contribution in [2.24, 2.45) is 0 Å². The molecule has 0 unspecified atom stereocenters. The summed E-state index contributed by atoms with van der Waals surface area (Å²) in [5.41, 5.74) is 4.47. The third kappa shape index (κ3) is 1.82. The molecule has 0 amide bonds. The van der Waals surface area contributed by atoms with Crippen LogP contribution in [0.1, 0.15) is 24.5 Å². The Morgan fingerprint density at radius 2 is 2.05 bits per heavy atom. The van der Waals surface area contributed by atoms with Crippen LogP contribution in [0.25, 0.3) is 0 Å². The Labute approximate surface area is 127 Å². The minimum atomic E-state index is 0.233. The van der Waals surface area contributed by atoms with Gasteiger partial charge in [-0.3, -0.25) is 4.90 Å². The fourth-order valence-corrected chi connectivity index (χ4v) is 4.28. The van der Waals surface area contributed by atoms with Crippen LogP contribution in [0.3, 0.4) is 0 Å². The van der Waals surface area contributed by atoms with Crippen LogP contribution in [0.2, 0.25) is 0 Å². The molecule has 1 saturated heterocycles. The summed E-state index contributed by atoms with van der Waals surface area (Å²) < 4.78 is 0. The molecule has 2 aliphatic heterocycles. The standard InChI is InChI=1S/C19H21N2/c1-19-12-13-21(14-15-8-4-3-5-9-15)18(19)20(2)17-11-7-6-10-16(17)19/h3-5,7-11,18H,12-14H2,1-2H3/t18-,19+/m1/s1. The maximum atomic E-state index is 3.27. The summed E-state index contributed by atoms with van der Waals surface area (Å²) in [6.07, 6.45) is 1.68. The van der Waals surface area contributed by atoms with Crippen LogP contribution in [0.4, 0.5) is 5.69 Å². The number of likely N-dealkylation sites (N-methyl/N-ethyl adjacent to an activating group) is 1. The third-order valence-corrected chi connectivity index (χ3v) is 5.27. The van der Waals surface area contributed by atoms with Crippen LogP contribution < -0.4 is 4.90 Å². The maximum Gasteiger partial charge on any atom is 0.0917 e. The van der Waals surface area contributed by atoms with Gasteiger partial charge in [0.25, 0.3) is 0 Å². The lowest BCUT2D eigenvalue weighted by Gasteiger charge is -2.34. The summed E-state index contributed by atoms with van der Waals surface area (Å²) in [7, 11) is 2.23. The highest BCUT2D eigenvalue weighted by Gasteiger charge is 2.52. The predicted octanol–water partition coefficient (Wildman–Crippen LogP) is 3.43. The molecule has 4 rings (SSSR count). The summed E-state index contributed by atoms with van der Waals surface area (Å²) in [6, 6.07) is 20.5. The Morgan fingerprint density at radius 1 is 1.24 bits per heavy atom. The van der Waals surface area contributed by atoms with Crippen molar-refractivity contribution in [1.82, 2.24) is 4.90 Å². The van der Waals surface area contributed by atoms with E-state index in [4.69, 9.17) is 0 Å². The largest absolute Gasteiger partial charge is 0.358 e. The highest BCUT2D eigenvalue weighted by Crippen LogP contribution is 2.51. The second-order valence-electron chi connectivity index (χ2n) is 6.55. The average Bonchev–Trinajstić information content (AvgIpc) is 2.95. The van der Waals surface area contributed by atoms with E-state index in [9.17, 15) is 0 Å². The topological polar surface area (TPSA) is 6.48 Å². The van der Waals surface area contributed by atoms with Crippen molar-refractivity contribution in [3.05, 3.63) is 65.7 Å². The number of anilines is 1. The van der Waals surface area contributed by atoms with E-state index in [2.05, 4.69) is 72.3 Å². The molecule has 21 heavy (non-hydrogen) atoms. The zero-order valence-corrected chi connectivity index (χ0v) is 12.7. The lowest BCUT2D eigenvalue weighted by atomic mass is 9.81. The van der Waals surface area contributed by atoms with Crippen molar-refractivity contribution in [2.45, 2.75) is 31.5 Å². The van der Waals surface area contributed by atoms with Gasteiger partial charge in [-0.1, -0.05) is 43.3 Å².